The van der Waals surface area contributed by atoms with Gasteiger partial charge < -0.3 is 20.1 Å². The Kier molecular flexibility index (Phi) is 3.27. The third-order valence-electron chi connectivity index (χ3n) is 3.78. The molecular weight excluding hydrogens is 229 g/mol. The van der Waals surface area contributed by atoms with Gasteiger partial charge in [0.25, 0.3) is 0 Å². The molecule has 1 atom stereocenters. The van der Waals surface area contributed by atoms with Crippen molar-refractivity contribution >= 4 is 12.6 Å². The fourth-order valence-corrected chi connectivity index (χ4v) is 1.87. The van der Waals surface area contributed by atoms with Gasteiger partial charge in [-0.3, -0.25) is 0 Å². The molecule has 3 N–H and O–H groups in total. The maximum atomic E-state index is 9.39. The topological polar surface area (TPSA) is 64.7 Å². The second-order valence-electron chi connectivity index (χ2n) is 5.70. The monoisotopic (exact) mass is 249 g/mol. The van der Waals surface area contributed by atoms with E-state index in [-0.39, 0.29) is 11.2 Å². The van der Waals surface area contributed by atoms with Crippen LogP contribution < -0.4 is 11.2 Å². The lowest BCUT2D eigenvalue weighted by Gasteiger charge is -2.32. The first-order valence-electron chi connectivity index (χ1n) is 6.12. The Labute approximate surface area is 108 Å². The van der Waals surface area contributed by atoms with Crippen molar-refractivity contribution < 1.29 is 14.4 Å². The third-order valence-corrected chi connectivity index (χ3v) is 3.78. The fourth-order valence-electron chi connectivity index (χ4n) is 1.87. The quantitative estimate of drug-likeness (QED) is 0.604. The second-order valence-corrected chi connectivity index (χ2v) is 5.70. The van der Waals surface area contributed by atoms with Crippen molar-refractivity contribution in [1.29, 1.82) is 0 Å². The zero-order valence-corrected chi connectivity index (χ0v) is 11.3. The maximum absolute atomic E-state index is 9.39. The molecule has 1 aromatic carbocycles. The maximum Gasteiger partial charge on any atom is 0.494 e. The average molecular weight is 249 g/mol. The summed E-state index contributed by atoms with van der Waals surface area (Å²) in [5.74, 6) is 0. The van der Waals surface area contributed by atoms with E-state index in [0.717, 1.165) is 5.46 Å². The second kappa shape index (κ2) is 4.35. The lowest BCUT2D eigenvalue weighted by atomic mass is 9.78. The van der Waals surface area contributed by atoms with Crippen molar-refractivity contribution in [2.24, 2.45) is 5.73 Å². The Morgan fingerprint density at radius 2 is 1.72 bits per heavy atom. The number of aliphatic hydroxyl groups is 1. The fraction of sp³-hybridized carbons (Fsp3) is 0.538. The number of nitrogens with two attached hydrogens (primary N) is 1. The Balaban J connectivity index is 2.27. The van der Waals surface area contributed by atoms with Crippen LogP contribution in [0.1, 0.15) is 39.5 Å². The van der Waals surface area contributed by atoms with E-state index in [1.165, 1.54) is 0 Å². The first-order chi connectivity index (χ1) is 8.23. The van der Waals surface area contributed by atoms with Gasteiger partial charge in [-0.2, -0.15) is 0 Å². The summed E-state index contributed by atoms with van der Waals surface area (Å²) < 4.78 is 11.9. The van der Waals surface area contributed by atoms with Crippen LogP contribution in [0, 0.1) is 0 Å². The van der Waals surface area contributed by atoms with E-state index < -0.39 is 13.3 Å². The van der Waals surface area contributed by atoms with Crippen LogP contribution >= 0.6 is 0 Å². The highest BCUT2D eigenvalue weighted by Crippen LogP contribution is 2.36. The lowest BCUT2D eigenvalue weighted by Crippen LogP contribution is -2.41. The molecule has 0 radical (unpaired) electrons. The van der Waals surface area contributed by atoms with Crippen molar-refractivity contribution in [1.82, 2.24) is 0 Å². The van der Waals surface area contributed by atoms with Crippen LogP contribution in [-0.4, -0.2) is 23.4 Å². The summed E-state index contributed by atoms with van der Waals surface area (Å²) >= 11 is 0. The van der Waals surface area contributed by atoms with Gasteiger partial charge in [-0.05, 0) is 38.7 Å². The summed E-state index contributed by atoms with van der Waals surface area (Å²) in [4.78, 5) is 0. The molecule has 0 aromatic heterocycles. The van der Waals surface area contributed by atoms with E-state index in [1.807, 2.05) is 45.9 Å². The van der Waals surface area contributed by atoms with Crippen LogP contribution in [0.2, 0.25) is 0 Å². The standard InChI is InChI=1S/C13H20BNO3/c1-12(2)13(3,4)18-14(17-12)10-7-5-6-9(8-10)11(15)16/h5-8,11,16H,15H2,1-4H3. The molecule has 5 heteroatoms. The summed E-state index contributed by atoms with van der Waals surface area (Å²) in [6, 6.07) is 7.34. The molecule has 0 aliphatic carbocycles. The number of rotatable bonds is 2. The van der Waals surface area contributed by atoms with Gasteiger partial charge >= 0.3 is 7.12 Å². The summed E-state index contributed by atoms with van der Waals surface area (Å²) in [5, 5.41) is 9.39. The van der Waals surface area contributed by atoms with Gasteiger partial charge in [-0.15, -0.1) is 0 Å². The van der Waals surface area contributed by atoms with Gasteiger partial charge in [0.2, 0.25) is 0 Å². The number of hydrogen-bond donors (Lipinski definition) is 2. The normalized spacial score (nSPS) is 23.1. The molecule has 1 saturated heterocycles. The molecule has 1 aliphatic heterocycles. The van der Waals surface area contributed by atoms with Crippen LogP contribution in [0.5, 0.6) is 0 Å². The first kappa shape index (κ1) is 13.6. The molecule has 0 saturated carbocycles. The predicted molar refractivity (Wildman–Crippen MR) is 71.3 cm³/mol. The summed E-state index contributed by atoms with van der Waals surface area (Å²) in [6.45, 7) is 8.03. The van der Waals surface area contributed by atoms with Gasteiger partial charge in [0.1, 0.15) is 6.23 Å². The minimum Gasteiger partial charge on any atom is -0.399 e. The number of hydrogen-bond acceptors (Lipinski definition) is 4. The molecule has 98 valence electrons. The largest absolute Gasteiger partial charge is 0.494 e. The molecule has 0 amide bonds. The van der Waals surface area contributed by atoms with Crippen LogP contribution in [-0.2, 0) is 9.31 Å². The lowest BCUT2D eigenvalue weighted by molar-refractivity contribution is 0.00578. The Hall–Kier alpha value is -0.875. The van der Waals surface area contributed by atoms with Crippen molar-refractivity contribution in [2.75, 3.05) is 0 Å². The number of aliphatic hydroxyl groups excluding tert-OH is 1. The first-order valence-corrected chi connectivity index (χ1v) is 6.12. The van der Waals surface area contributed by atoms with Crippen LogP contribution in [0.3, 0.4) is 0 Å². The summed E-state index contributed by atoms with van der Waals surface area (Å²) in [5.41, 5.74) is 6.26. The van der Waals surface area contributed by atoms with Gasteiger partial charge in [0.15, 0.2) is 0 Å². The SMILES string of the molecule is CC1(C)OB(c2cccc(C(N)O)c2)OC1(C)C. The van der Waals surface area contributed by atoms with E-state index in [0.29, 0.717) is 5.56 Å². The highest BCUT2D eigenvalue weighted by molar-refractivity contribution is 6.62. The highest BCUT2D eigenvalue weighted by Gasteiger charge is 2.51. The van der Waals surface area contributed by atoms with Crippen molar-refractivity contribution in [3.63, 3.8) is 0 Å². The van der Waals surface area contributed by atoms with Crippen LogP contribution in [0.15, 0.2) is 24.3 Å². The molecule has 1 fully saturated rings. The van der Waals surface area contributed by atoms with Gasteiger partial charge in [0.05, 0.1) is 11.2 Å². The predicted octanol–water partition coefficient (Wildman–Crippen LogP) is 0.935. The highest BCUT2D eigenvalue weighted by atomic mass is 16.7. The van der Waals surface area contributed by atoms with Gasteiger partial charge in [-0.25, -0.2) is 0 Å². The van der Waals surface area contributed by atoms with Crippen molar-refractivity contribution in [2.45, 2.75) is 45.1 Å². The molecule has 1 heterocycles. The smallest absolute Gasteiger partial charge is 0.399 e. The van der Waals surface area contributed by atoms with Gasteiger partial charge in [-0.1, -0.05) is 24.3 Å². The van der Waals surface area contributed by atoms with Gasteiger partial charge in [0, 0.05) is 0 Å². The Morgan fingerprint density at radius 1 is 1.17 bits per heavy atom. The molecule has 1 unspecified atom stereocenters. The minimum absolute atomic E-state index is 0.366. The third kappa shape index (κ3) is 2.31. The Morgan fingerprint density at radius 3 is 2.22 bits per heavy atom. The molecule has 4 nitrogen and oxygen atoms in total. The zero-order chi connectivity index (χ0) is 13.6. The van der Waals surface area contributed by atoms with Crippen LogP contribution in [0.25, 0.3) is 0 Å². The molecule has 1 aliphatic rings. The molecule has 0 spiro atoms. The summed E-state index contributed by atoms with van der Waals surface area (Å²) in [6.07, 6.45) is -0.979. The van der Waals surface area contributed by atoms with E-state index >= 15 is 0 Å². The van der Waals surface area contributed by atoms with E-state index in [4.69, 9.17) is 15.0 Å². The average Bonchev–Trinajstić information content (AvgIpc) is 2.48. The molecular formula is C13H20BNO3. The minimum atomic E-state index is -0.979. The number of benzene rings is 1. The molecule has 18 heavy (non-hydrogen) atoms. The van der Waals surface area contributed by atoms with E-state index in [1.54, 1.807) is 6.07 Å². The Bertz CT molecular complexity index is 430. The van der Waals surface area contributed by atoms with Crippen LogP contribution in [0.4, 0.5) is 0 Å². The van der Waals surface area contributed by atoms with E-state index in [2.05, 4.69) is 0 Å². The molecule has 0 bridgehead atoms. The van der Waals surface area contributed by atoms with E-state index in [9.17, 15) is 5.11 Å². The molecule has 1 aromatic rings. The molecule has 2 rings (SSSR count). The van der Waals surface area contributed by atoms with Crippen molar-refractivity contribution in [3.8, 4) is 0 Å². The summed E-state index contributed by atoms with van der Waals surface area (Å²) in [7, 11) is -0.423. The zero-order valence-electron chi connectivity index (χ0n) is 11.3. The van der Waals surface area contributed by atoms with Crippen molar-refractivity contribution in [3.05, 3.63) is 29.8 Å².